The number of carbonyl (C=O) groups is 3. The highest BCUT2D eigenvalue weighted by Crippen LogP contribution is 2.11. The van der Waals surface area contributed by atoms with E-state index < -0.39 is 30.4 Å². The lowest BCUT2D eigenvalue weighted by Crippen LogP contribution is -2.44. The van der Waals surface area contributed by atoms with Crippen LogP contribution in [0, 0.1) is 0 Å². The van der Waals surface area contributed by atoms with Crippen LogP contribution in [0.25, 0.3) is 0 Å². The Labute approximate surface area is 175 Å². The van der Waals surface area contributed by atoms with E-state index in [-0.39, 0.29) is 18.7 Å². The van der Waals surface area contributed by atoms with Gasteiger partial charge in [-0.25, -0.2) is 4.79 Å². The molecule has 0 saturated carbocycles. The summed E-state index contributed by atoms with van der Waals surface area (Å²) in [5.74, 6) is -1.43. The van der Waals surface area contributed by atoms with Gasteiger partial charge in [-0.1, -0.05) is 58.3 Å². The van der Waals surface area contributed by atoms with Crippen molar-refractivity contribution in [2.24, 2.45) is 11.5 Å². The van der Waals surface area contributed by atoms with Crippen LogP contribution in [0.3, 0.4) is 0 Å². The van der Waals surface area contributed by atoms with Gasteiger partial charge in [0.2, 0.25) is 5.91 Å². The van der Waals surface area contributed by atoms with Crippen molar-refractivity contribution in [2.45, 2.75) is 116 Å². The molecule has 170 valence electrons. The molecule has 1 amide bonds. The molecule has 0 rings (SSSR count). The summed E-state index contributed by atoms with van der Waals surface area (Å²) in [4.78, 5) is 36.0. The van der Waals surface area contributed by atoms with Crippen molar-refractivity contribution in [3.63, 3.8) is 0 Å². The molecular formula is C21H41N3O5. The predicted octanol–water partition coefficient (Wildman–Crippen LogP) is 2.87. The number of unbranched alkanes of at least 4 members (excludes halogenated alkanes) is 8. The molecule has 8 heteroatoms. The van der Waals surface area contributed by atoms with Crippen molar-refractivity contribution in [2.75, 3.05) is 0 Å². The molecule has 3 atom stereocenters. The molecule has 0 aliphatic heterocycles. The van der Waals surface area contributed by atoms with E-state index in [1.54, 1.807) is 0 Å². The van der Waals surface area contributed by atoms with Crippen molar-refractivity contribution >= 4 is 17.8 Å². The van der Waals surface area contributed by atoms with E-state index in [9.17, 15) is 14.4 Å². The number of nitrogens with one attached hydrogen (secondary N) is 1. The minimum atomic E-state index is -0.937. The number of amides is 1. The summed E-state index contributed by atoms with van der Waals surface area (Å²) in [5, 5.41) is 2.65. The Bertz CT molecular complexity index is 469. The molecule has 8 nitrogen and oxygen atoms in total. The first-order valence-corrected chi connectivity index (χ1v) is 11.0. The van der Waals surface area contributed by atoms with Crippen molar-refractivity contribution in [1.82, 2.24) is 5.32 Å². The molecule has 0 aromatic carbocycles. The van der Waals surface area contributed by atoms with Gasteiger partial charge in [-0.2, -0.15) is 0 Å². The molecule has 29 heavy (non-hydrogen) atoms. The number of nitrogens with two attached hydrogens (primary N) is 2. The van der Waals surface area contributed by atoms with Gasteiger partial charge in [0.25, 0.3) is 0 Å². The lowest BCUT2D eigenvalue weighted by molar-refractivity contribution is -0.153. The number of carbonyl (C=O) groups excluding carboxylic acids is 3. The monoisotopic (exact) mass is 415 g/mol. The fourth-order valence-electron chi connectivity index (χ4n) is 2.91. The Balaban J connectivity index is 4.21. The molecule has 0 spiro atoms. The first kappa shape index (κ1) is 27.3. The smallest absolute Gasteiger partial charge is 0.330 e. The van der Waals surface area contributed by atoms with E-state index in [2.05, 4.69) is 12.2 Å². The first-order chi connectivity index (χ1) is 13.8. The summed E-state index contributed by atoms with van der Waals surface area (Å²) in [6.45, 7) is 5.26. The van der Waals surface area contributed by atoms with Gasteiger partial charge >= 0.3 is 11.9 Å². The number of esters is 2. The number of hydrogen-bond donors (Lipinski definition) is 3. The standard InChI is InChI=1S/C21H41N3O5/c1-4-5-6-7-8-9-10-11-12-13-19(25)24-18(21(27)29-17(3)23)14-15-20(26)28-16(2)22/h16-18H,4-15,22-23H2,1-3H3,(H,24,25)/t16?,17?,18-/m0/s1. The van der Waals surface area contributed by atoms with Crippen molar-refractivity contribution in [1.29, 1.82) is 0 Å². The van der Waals surface area contributed by atoms with Crippen molar-refractivity contribution in [3.8, 4) is 0 Å². The second kappa shape index (κ2) is 17.2. The van der Waals surface area contributed by atoms with Gasteiger partial charge in [-0.05, 0) is 26.7 Å². The Morgan fingerprint density at radius 1 is 0.793 bits per heavy atom. The summed E-state index contributed by atoms with van der Waals surface area (Å²) in [7, 11) is 0. The van der Waals surface area contributed by atoms with Crippen LogP contribution in [-0.4, -0.2) is 36.3 Å². The van der Waals surface area contributed by atoms with Crippen LogP contribution in [0.1, 0.15) is 97.8 Å². The lowest BCUT2D eigenvalue weighted by Gasteiger charge is -2.19. The zero-order valence-corrected chi connectivity index (χ0v) is 18.4. The van der Waals surface area contributed by atoms with Gasteiger partial charge in [0, 0.05) is 12.8 Å². The van der Waals surface area contributed by atoms with Gasteiger partial charge in [0.05, 0.1) is 0 Å². The SMILES string of the molecule is CCCCCCCCCCCC(=O)N[C@@H](CCC(=O)OC(C)N)C(=O)OC(C)N. The van der Waals surface area contributed by atoms with Gasteiger partial charge in [-0.15, -0.1) is 0 Å². The van der Waals surface area contributed by atoms with Gasteiger partial charge < -0.3 is 14.8 Å². The van der Waals surface area contributed by atoms with Crippen LogP contribution < -0.4 is 16.8 Å². The average Bonchev–Trinajstić information content (AvgIpc) is 2.62. The maximum atomic E-state index is 12.2. The second-order valence-corrected chi connectivity index (χ2v) is 7.57. The Morgan fingerprint density at radius 2 is 1.31 bits per heavy atom. The molecule has 0 fully saturated rings. The van der Waals surface area contributed by atoms with Crippen LogP contribution in [-0.2, 0) is 23.9 Å². The van der Waals surface area contributed by atoms with Crippen molar-refractivity contribution in [3.05, 3.63) is 0 Å². The molecule has 0 aromatic rings. The fourth-order valence-corrected chi connectivity index (χ4v) is 2.91. The van der Waals surface area contributed by atoms with E-state index in [1.165, 1.54) is 52.4 Å². The fraction of sp³-hybridized carbons (Fsp3) is 0.857. The number of hydrogen-bond acceptors (Lipinski definition) is 7. The molecular weight excluding hydrogens is 374 g/mol. The summed E-state index contributed by atoms with van der Waals surface area (Å²) in [6.07, 6.45) is 9.26. The first-order valence-electron chi connectivity index (χ1n) is 11.0. The Kier molecular flexibility index (Phi) is 16.2. The number of rotatable bonds is 17. The summed E-state index contributed by atoms with van der Waals surface area (Å²) in [6, 6.07) is -0.937. The largest absolute Gasteiger partial charge is 0.447 e. The molecule has 0 saturated heterocycles. The van der Waals surface area contributed by atoms with Crippen LogP contribution in [0.5, 0.6) is 0 Å². The molecule has 0 bridgehead atoms. The lowest BCUT2D eigenvalue weighted by atomic mass is 10.1. The highest BCUT2D eigenvalue weighted by molar-refractivity contribution is 5.85. The van der Waals surface area contributed by atoms with Crippen LogP contribution >= 0.6 is 0 Å². The van der Waals surface area contributed by atoms with E-state index in [0.717, 1.165) is 19.3 Å². The normalized spacial score (nSPS) is 14.0. The summed E-state index contributed by atoms with van der Waals surface area (Å²) >= 11 is 0. The highest BCUT2D eigenvalue weighted by atomic mass is 16.6. The molecule has 2 unspecified atom stereocenters. The second-order valence-electron chi connectivity index (χ2n) is 7.57. The molecule has 0 heterocycles. The Hall–Kier alpha value is -1.67. The predicted molar refractivity (Wildman–Crippen MR) is 112 cm³/mol. The summed E-state index contributed by atoms with van der Waals surface area (Å²) < 4.78 is 9.82. The maximum absolute atomic E-state index is 12.2. The van der Waals surface area contributed by atoms with Crippen LogP contribution in [0.4, 0.5) is 0 Å². The highest BCUT2D eigenvalue weighted by Gasteiger charge is 2.24. The van der Waals surface area contributed by atoms with Crippen molar-refractivity contribution < 1.29 is 23.9 Å². The van der Waals surface area contributed by atoms with E-state index >= 15 is 0 Å². The third-order valence-corrected chi connectivity index (χ3v) is 4.38. The van der Waals surface area contributed by atoms with Gasteiger partial charge in [0.1, 0.15) is 18.5 Å². The van der Waals surface area contributed by atoms with E-state index in [1.807, 2.05) is 0 Å². The molecule has 0 aliphatic carbocycles. The number of ether oxygens (including phenoxy) is 2. The molecule has 0 aromatic heterocycles. The minimum absolute atomic E-state index is 0.0570. The molecule has 5 N–H and O–H groups in total. The zero-order chi connectivity index (χ0) is 22.1. The average molecular weight is 416 g/mol. The quantitative estimate of drug-likeness (QED) is 0.189. The van der Waals surface area contributed by atoms with E-state index in [4.69, 9.17) is 20.9 Å². The molecule has 0 aliphatic rings. The third kappa shape index (κ3) is 16.9. The maximum Gasteiger partial charge on any atom is 0.330 e. The van der Waals surface area contributed by atoms with Crippen LogP contribution in [0.15, 0.2) is 0 Å². The third-order valence-electron chi connectivity index (χ3n) is 4.38. The minimum Gasteiger partial charge on any atom is -0.447 e. The Morgan fingerprint density at radius 3 is 1.83 bits per heavy atom. The topological polar surface area (TPSA) is 134 Å². The zero-order valence-electron chi connectivity index (χ0n) is 18.4. The molecule has 0 radical (unpaired) electrons. The van der Waals surface area contributed by atoms with E-state index in [0.29, 0.717) is 6.42 Å². The van der Waals surface area contributed by atoms with Gasteiger partial charge in [-0.3, -0.25) is 21.1 Å². The van der Waals surface area contributed by atoms with Crippen LogP contribution in [0.2, 0.25) is 0 Å². The van der Waals surface area contributed by atoms with Gasteiger partial charge in [0.15, 0.2) is 0 Å². The summed E-state index contributed by atoms with van der Waals surface area (Å²) in [5.41, 5.74) is 10.9.